The van der Waals surface area contributed by atoms with Crippen LogP contribution in [0.1, 0.15) is 28.8 Å². The molecule has 0 aromatic heterocycles. The van der Waals surface area contributed by atoms with Crippen molar-refractivity contribution in [2.24, 2.45) is 0 Å². The lowest BCUT2D eigenvalue weighted by Crippen LogP contribution is -1.95. The fourth-order valence-corrected chi connectivity index (χ4v) is 1.62. The Bertz CT molecular complexity index is 401. The molecule has 0 radical (unpaired) electrons. The molecule has 1 aromatic carbocycles. The van der Waals surface area contributed by atoms with Gasteiger partial charge in [-0.3, -0.25) is 4.79 Å². The van der Waals surface area contributed by atoms with E-state index < -0.39 is 0 Å². The van der Waals surface area contributed by atoms with Gasteiger partial charge in [-0.25, -0.2) is 0 Å². The highest BCUT2D eigenvalue weighted by atomic mass is 16.1. The van der Waals surface area contributed by atoms with Gasteiger partial charge < -0.3 is 0 Å². The Balaban J connectivity index is 2.35. The van der Waals surface area contributed by atoms with Crippen LogP contribution >= 0.6 is 0 Å². The first-order valence-corrected chi connectivity index (χ1v) is 4.73. The highest BCUT2D eigenvalue weighted by molar-refractivity contribution is 5.94. The zero-order valence-electron chi connectivity index (χ0n) is 8.10. The van der Waals surface area contributed by atoms with Crippen molar-refractivity contribution in [2.75, 3.05) is 0 Å². The van der Waals surface area contributed by atoms with Crippen LogP contribution in [0.15, 0.2) is 48.6 Å². The van der Waals surface area contributed by atoms with E-state index in [1.54, 1.807) is 6.92 Å². The predicted molar refractivity (Wildman–Crippen MR) is 57.5 cm³/mol. The summed E-state index contributed by atoms with van der Waals surface area (Å²) in [5.74, 6) is 0.465. The van der Waals surface area contributed by atoms with Crippen molar-refractivity contribution in [1.82, 2.24) is 0 Å². The van der Waals surface area contributed by atoms with E-state index in [4.69, 9.17) is 0 Å². The first-order chi connectivity index (χ1) is 6.77. The summed E-state index contributed by atoms with van der Waals surface area (Å²) in [6, 6.07) is 7.81. The zero-order chi connectivity index (χ0) is 9.97. The van der Waals surface area contributed by atoms with Crippen LogP contribution in [0.4, 0.5) is 0 Å². The smallest absolute Gasteiger partial charge is 0.159 e. The van der Waals surface area contributed by atoms with E-state index in [9.17, 15) is 4.79 Å². The third-order valence-electron chi connectivity index (χ3n) is 2.43. The average molecular weight is 184 g/mol. The molecule has 1 aliphatic rings. The molecule has 0 amide bonds. The maximum Gasteiger partial charge on any atom is 0.159 e. The molecule has 1 aromatic rings. The summed E-state index contributed by atoms with van der Waals surface area (Å²) >= 11 is 0. The molecule has 1 heteroatoms. The Kier molecular flexibility index (Phi) is 2.32. The Labute approximate surface area is 83.8 Å². The van der Waals surface area contributed by atoms with Crippen LogP contribution in [0.2, 0.25) is 0 Å². The van der Waals surface area contributed by atoms with Crippen LogP contribution in [0.25, 0.3) is 0 Å². The van der Waals surface area contributed by atoms with E-state index in [1.807, 2.05) is 30.4 Å². The molecule has 14 heavy (non-hydrogen) atoms. The monoisotopic (exact) mass is 184 g/mol. The summed E-state index contributed by atoms with van der Waals surface area (Å²) in [6.07, 6.45) is 8.31. The molecule has 1 aliphatic carbocycles. The average Bonchev–Trinajstić information content (AvgIpc) is 2.71. The summed E-state index contributed by atoms with van der Waals surface area (Å²) in [4.78, 5) is 11.2. The minimum Gasteiger partial charge on any atom is -0.295 e. The van der Waals surface area contributed by atoms with Crippen LogP contribution < -0.4 is 0 Å². The van der Waals surface area contributed by atoms with Crippen LogP contribution in [-0.2, 0) is 0 Å². The normalized spacial score (nSPS) is 14.9. The van der Waals surface area contributed by atoms with E-state index in [-0.39, 0.29) is 5.78 Å². The van der Waals surface area contributed by atoms with Crippen molar-refractivity contribution >= 4 is 5.78 Å². The maximum atomic E-state index is 11.2. The molecule has 0 fully saturated rings. The molecule has 70 valence electrons. The van der Waals surface area contributed by atoms with Crippen LogP contribution in [0.5, 0.6) is 0 Å². The highest BCUT2D eigenvalue weighted by Gasteiger charge is 2.08. The van der Waals surface area contributed by atoms with Gasteiger partial charge in [-0.2, -0.15) is 0 Å². The summed E-state index contributed by atoms with van der Waals surface area (Å²) in [7, 11) is 0. The zero-order valence-corrected chi connectivity index (χ0v) is 8.10. The van der Waals surface area contributed by atoms with Gasteiger partial charge >= 0.3 is 0 Å². The Morgan fingerprint density at radius 2 is 1.93 bits per heavy atom. The molecule has 0 aliphatic heterocycles. The molecule has 0 heterocycles. The van der Waals surface area contributed by atoms with Crippen molar-refractivity contribution < 1.29 is 4.79 Å². The first kappa shape index (κ1) is 8.95. The van der Waals surface area contributed by atoms with Crippen LogP contribution in [0, 0.1) is 0 Å². The molecular formula is C13H12O. The van der Waals surface area contributed by atoms with Gasteiger partial charge in [0.1, 0.15) is 0 Å². The second-order valence-electron chi connectivity index (χ2n) is 3.48. The van der Waals surface area contributed by atoms with Crippen molar-refractivity contribution in [3.8, 4) is 0 Å². The standard InChI is InChI=1S/C13H12O/c1-10(14)12-7-4-8-13(9-12)11-5-2-3-6-11/h2-9,11H,1H3. The summed E-state index contributed by atoms with van der Waals surface area (Å²) in [6.45, 7) is 1.60. The maximum absolute atomic E-state index is 11.2. The van der Waals surface area contributed by atoms with Gasteiger partial charge in [0.25, 0.3) is 0 Å². The molecule has 0 spiro atoms. The third-order valence-corrected chi connectivity index (χ3v) is 2.43. The molecule has 0 bridgehead atoms. The molecule has 1 nitrogen and oxygen atoms in total. The fourth-order valence-electron chi connectivity index (χ4n) is 1.62. The quantitative estimate of drug-likeness (QED) is 0.645. The van der Waals surface area contributed by atoms with Crippen molar-refractivity contribution in [3.63, 3.8) is 0 Å². The van der Waals surface area contributed by atoms with Crippen molar-refractivity contribution in [1.29, 1.82) is 0 Å². The van der Waals surface area contributed by atoms with E-state index in [0.29, 0.717) is 5.92 Å². The van der Waals surface area contributed by atoms with Gasteiger partial charge in [0.2, 0.25) is 0 Å². The molecule has 0 saturated carbocycles. The number of rotatable bonds is 2. The number of allylic oxidation sites excluding steroid dienone is 4. The number of hydrogen-bond acceptors (Lipinski definition) is 1. The van der Waals surface area contributed by atoms with Gasteiger partial charge in [-0.05, 0) is 18.6 Å². The number of hydrogen-bond donors (Lipinski definition) is 0. The first-order valence-electron chi connectivity index (χ1n) is 4.73. The lowest BCUT2D eigenvalue weighted by molar-refractivity contribution is 0.101. The van der Waals surface area contributed by atoms with E-state index >= 15 is 0 Å². The molecule has 0 N–H and O–H groups in total. The Morgan fingerprint density at radius 3 is 2.57 bits per heavy atom. The largest absolute Gasteiger partial charge is 0.295 e. The highest BCUT2D eigenvalue weighted by Crippen LogP contribution is 2.23. The van der Waals surface area contributed by atoms with E-state index in [1.165, 1.54) is 5.56 Å². The SMILES string of the molecule is CC(=O)c1cccc(C2C=CC=C2)c1. The van der Waals surface area contributed by atoms with Gasteiger partial charge in [0, 0.05) is 11.5 Å². The van der Waals surface area contributed by atoms with Crippen molar-refractivity contribution in [2.45, 2.75) is 12.8 Å². The molecule has 0 atom stereocenters. The molecule has 0 unspecified atom stereocenters. The number of carbonyl (C=O) groups excluding carboxylic acids is 1. The minimum absolute atomic E-state index is 0.123. The van der Waals surface area contributed by atoms with Gasteiger partial charge in [-0.15, -0.1) is 0 Å². The lowest BCUT2D eigenvalue weighted by atomic mass is 9.98. The topological polar surface area (TPSA) is 17.1 Å². The van der Waals surface area contributed by atoms with E-state index in [0.717, 1.165) is 5.56 Å². The second kappa shape index (κ2) is 3.62. The summed E-state index contributed by atoms with van der Waals surface area (Å²) < 4.78 is 0. The number of Topliss-reactive ketones (excluding diaryl/α,β-unsaturated/α-hetero) is 1. The lowest BCUT2D eigenvalue weighted by Gasteiger charge is -2.06. The molecule has 2 rings (SSSR count). The van der Waals surface area contributed by atoms with Crippen LogP contribution in [-0.4, -0.2) is 5.78 Å². The molecule has 0 saturated heterocycles. The van der Waals surface area contributed by atoms with Gasteiger partial charge in [0.15, 0.2) is 5.78 Å². The fraction of sp³-hybridized carbons (Fsp3) is 0.154. The summed E-state index contributed by atoms with van der Waals surface area (Å²) in [5, 5.41) is 0. The summed E-state index contributed by atoms with van der Waals surface area (Å²) in [5.41, 5.74) is 1.97. The number of ketones is 1. The second-order valence-corrected chi connectivity index (χ2v) is 3.48. The predicted octanol–water partition coefficient (Wildman–Crippen LogP) is 3.10. The van der Waals surface area contributed by atoms with E-state index in [2.05, 4.69) is 18.2 Å². The van der Waals surface area contributed by atoms with Gasteiger partial charge in [0.05, 0.1) is 0 Å². The minimum atomic E-state index is 0.123. The van der Waals surface area contributed by atoms with Gasteiger partial charge in [-0.1, -0.05) is 42.5 Å². The number of benzene rings is 1. The molecular weight excluding hydrogens is 172 g/mol. The van der Waals surface area contributed by atoms with Crippen molar-refractivity contribution in [3.05, 3.63) is 59.7 Å². The van der Waals surface area contributed by atoms with Crippen LogP contribution in [0.3, 0.4) is 0 Å². The number of carbonyl (C=O) groups is 1. The third kappa shape index (κ3) is 1.67. The Morgan fingerprint density at radius 1 is 1.21 bits per heavy atom. The Hall–Kier alpha value is -1.63.